The second-order valence-corrected chi connectivity index (χ2v) is 4.68. The summed E-state index contributed by atoms with van der Waals surface area (Å²) in [5.74, 6) is 0.682. The van der Waals surface area contributed by atoms with Gasteiger partial charge in [0.2, 0.25) is 0 Å². The number of nitrogens with two attached hydrogens (primary N) is 1. The first kappa shape index (κ1) is 9.16. The molecule has 0 aromatic heterocycles. The molecule has 0 aliphatic carbocycles. The topological polar surface area (TPSA) is 52.3 Å². The van der Waals surface area contributed by atoms with Gasteiger partial charge in [-0.3, -0.25) is 4.21 Å². The molecule has 1 rings (SSSR count). The summed E-state index contributed by atoms with van der Waals surface area (Å²) in [7, 11) is -0.794. The molecule has 3 unspecified atom stereocenters. The maximum absolute atomic E-state index is 11.3. The van der Waals surface area contributed by atoms with Crippen LogP contribution >= 0.6 is 0 Å². The lowest BCUT2D eigenvalue weighted by Gasteiger charge is -2.27. The van der Waals surface area contributed by atoms with Crippen LogP contribution in [0.4, 0.5) is 0 Å². The third-order valence-corrected chi connectivity index (χ3v) is 3.71. The van der Waals surface area contributed by atoms with Crippen molar-refractivity contribution in [1.29, 1.82) is 0 Å². The summed E-state index contributed by atoms with van der Waals surface area (Å²) in [5, 5.41) is 0.0637. The van der Waals surface area contributed by atoms with E-state index in [9.17, 15) is 4.21 Å². The molecule has 0 radical (unpaired) electrons. The third-order valence-electron chi connectivity index (χ3n) is 1.98. The second-order valence-electron chi connectivity index (χ2n) is 2.74. The van der Waals surface area contributed by atoms with Crippen molar-refractivity contribution in [2.75, 3.05) is 19.0 Å². The summed E-state index contributed by atoms with van der Waals surface area (Å²) in [4.78, 5) is 0. The minimum Gasteiger partial charge on any atom is -0.380 e. The van der Waals surface area contributed by atoms with E-state index >= 15 is 0 Å². The van der Waals surface area contributed by atoms with Crippen LogP contribution in [0.3, 0.4) is 0 Å². The van der Waals surface area contributed by atoms with Gasteiger partial charge in [0.05, 0.1) is 11.9 Å². The predicted molar refractivity (Wildman–Crippen MR) is 45.9 cm³/mol. The Morgan fingerprint density at radius 2 is 2.45 bits per heavy atom. The van der Waals surface area contributed by atoms with E-state index in [1.165, 1.54) is 0 Å². The molecule has 3 nitrogen and oxygen atoms in total. The molecule has 1 aliphatic heterocycles. The molecule has 66 valence electrons. The number of hydrogen-bond donors (Lipinski definition) is 1. The average Bonchev–Trinajstić information content (AvgIpc) is 2.04. The van der Waals surface area contributed by atoms with Crippen LogP contribution in [0.5, 0.6) is 0 Å². The first-order valence-corrected chi connectivity index (χ1v) is 5.34. The summed E-state index contributed by atoms with van der Waals surface area (Å²) >= 11 is 0. The lowest BCUT2D eigenvalue weighted by molar-refractivity contribution is 0.0904. The molecule has 0 aromatic rings. The quantitative estimate of drug-likeness (QED) is 0.639. The van der Waals surface area contributed by atoms with Gasteiger partial charge < -0.3 is 10.5 Å². The highest BCUT2D eigenvalue weighted by Gasteiger charge is 2.26. The number of hydrogen-bond acceptors (Lipinski definition) is 3. The summed E-state index contributed by atoms with van der Waals surface area (Å²) in [6.45, 7) is 3.21. The molecule has 1 saturated heterocycles. The van der Waals surface area contributed by atoms with Crippen LogP contribution in [0.15, 0.2) is 0 Å². The number of ether oxygens (including phenoxy) is 1. The van der Waals surface area contributed by atoms with E-state index in [2.05, 4.69) is 0 Å². The van der Waals surface area contributed by atoms with Gasteiger partial charge in [-0.25, -0.2) is 0 Å². The van der Waals surface area contributed by atoms with E-state index in [0.29, 0.717) is 12.4 Å². The Labute approximate surface area is 69.8 Å². The third kappa shape index (κ3) is 2.25. The minimum atomic E-state index is -0.794. The Bertz CT molecular complexity index is 151. The van der Waals surface area contributed by atoms with E-state index < -0.39 is 10.8 Å². The Morgan fingerprint density at radius 1 is 1.73 bits per heavy atom. The molecular formula is C7H15NO2S. The molecule has 0 amide bonds. The highest BCUT2D eigenvalue weighted by molar-refractivity contribution is 7.85. The Morgan fingerprint density at radius 3 is 3.00 bits per heavy atom. The molecular weight excluding hydrogens is 162 g/mol. The minimum absolute atomic E-state index is 0.0637. The molecule has 4 heteroatoms. The van der Waals surface area contributed by atoms with Gasteiger partial charge in [0.25, 0.3) is 0 Å². The van der Waals surface area contributed by atoms with Crippen LogP contribution in [0, 0.1) is 0 Å². The Hall–Kier alpha value is 0.0700. The Kier molecular flexibility index (Phi) is 3.48. The van der Waals surface area contributed by atoms with Crippen molar-refractivity contribution >= 4 is 10.8 Å². The van der Waals surface area contributed by atoms with Crippen molar-refractivity contribution in [3.63, 3.8) is 0 Å². The molecule has 2 N–H and O–H groups in total. The fourth-order valence-electron chi connectivity index (χ4n) is 1.21. The van der Waals surface area contributed by atoms with Gasteiger partial charge in [-0.2, -0.15) is 0 Å². The van der Waals surface area contributed by atoms with Gasteiger partial charge in [-0.1, -0.05) is 6.92 Å². The van der Waals surface area contributed by atoms with Crippen molar-refractivity contribution < 1.29 is 8.95 Å². The zero-order valence-electron chi connectivity index (χ0n) is 6.79. The molecule has 11 heavy (non-hydrogen) atoms. The van der Waals surface area contributed by atoms with Crippen LogP contribution in [0.25, 0.3) is 0 Å². The van der Waals surface area contributed by atoms with Crippen molar-refractivity contribution in [1.82, 2.24) is 0 Å². The van der Waals surface area contributed by atoms with E-state index in [1.54, 1.807) is 0 Å². The van der Waals surface area contributed by atoms with Crippen LogP contribution in [-0.4, -0.2) is 34.5 Å². The van der Waals surface area contributed by atoms with Crippen LogP contribution < -0.4 is 5.73 Å². The van der Waals surface area contributed by atoms with E-state index in [0.717, 1.165) is 13.0 Å². The van der Waals surface area contributed by atoms with Gasteiger partial charge >= 0.3 is 0 Å². The smallest absolute Gasteiger partial charge is 0.0733 e. The van der Waals surface area contributed by atoms with Gasteiger partial charge in [0, 0.05) is 29.2 Å². The summed E-state index contributed by atoms with van der Waals surface area (Å²) in [5.41, 5.74) is 5.78. The molecule has 1 heterocycles. The fourth-order valence-corrected chi connectivity index (χ4v) is 2.42. The first-order valence-electron chi connectivity index (χ1n) is 3.96. The Balaban J connectivity index is 2.47. The molecule has 3 atom stereocenters. The normalized spacial score (nSPS) is 35.1. The van der Waals surface area contributed by atoms with E-state index in [4.69, 9.17) is 10.5 Å². The maximum Gasteiger partial charge on any atom is 0.0733 e. The molecule has 0 aromatic carbocycles. The second kappa shape index (κ2) is 4.18. The van der Waals surface area contributed by atoms with Crippen molar-refractivity contribution in [2.24, 2.45) is 5.73 Å². The van der Waals surface area contributed by atoms with Crippen LogP contribution in [0.2, 0.25) is 0 Å². The van der Waals surface area contributed by atoms with E-state index in [1.807, 2.05) is 6.92 Å². The van der Waals surface area contributed by atoms with Crippen LogP contribution in [0.1, 0.15) is 13.3 Å². The lowest BCUT2D eigenvalue weighted by Crippen LogP contribution is -2.45. The van der Waals surface area contributed by atoms with Gasteiger partial charge in [-0.15, -0.1) is 0 Å². The van der Waals surface area contributed by atoms with Crippen molar-refractivity contribution in [3.05, 3.63) is 0 Å². The summed E-state index contributed by atoms with van der Waals surface area (Å²) in [6, 6.07) is 0.0736. The average molecular weight is 177 g/mol. The number of rotatable bonds is 2. The highest BCUT2D eigenvalue weighted by Crippen LogP contribution is 2.11. The lowest BCUT2D eigenvalue weighted by atomic mass is 10.1. The fraction of sp³-hybridized carbons (Fsp3) is 1.00. The van der Waals surface area contributed by atoms with E-state index in [-0.39, 0.29) is 11.3 Å². The van der Waals surface area contributed by atoms with Gasteiger partial charge in [0.1, 0.15) is 0 Å². The molecule has 0 bridgehead atoms. The standard InChI is InChI=1S/C7H15NO2S/c1-2-11(9)7-5-10-4-3-6(7)8/h6-7H,2-5,8H2,1H3. The highest BCUT2D eigenvalue weighted by atomic mass is 32.2. The van der Waals surface area contributed by atoms with Gasteiger partial charge in [0.15, 0.2) is 0 Å². The molecule has 0 saturated carbocycles. The zero-order valence-corrected chi connectivity index (χ0v) is 7.60. The summed E-state index contributed by atoms with van der Waals surface area (Å²) in [6.07, 6.45) is 0.844. The van der Waals surface area contributed by atoms with Gasteiger partial charge in [-0.05, 0) is 6.42 Å². The monoisotopic (exact) mass is 177 g/mol. The maximum atomic E-state index is 11.3. The van der Waals surface area contributed by atoms with Crippen LogP contribution in [-0.2, 0) is 15.5 Å². The molecule has 1 aliphatic rings. The zero-order chi connectivity index (χ0) is 8.27. The SMILES string of the molecule is CCS(=O)C1COCCC1N. The predicted octanol–water partition coefficient (Wildman–Crippen LogP) is -0.129. The van der Waals surface area contributed by atoms with Crippen molar-refractivity contribution in [3.8, 4) is 0 Å². The molecule has 1 fully saturated rings. The first-order chi connectivity index (χ1) is 5.25. The van der Waals surface area contributed by atoms with Crippen molar-refractivity contribution in [2.45, 2.75) is 24.6 Å². The largest absolute Gasteiger partial charge is 0.380 e. The molecule has 0 spiro atoms. The summed E-state index contributed by atoms with van der Waals surface area (Å²) < 4.78 is 16.5.